The van der Waals surface area contributed by atoms with Crippen LogP contribution in [-0.2, 0) is 14.3 Å². The van der Waals surface area contributed by atoms with Crippen molar-refractivity contribution in [1.29, 1.82) is 0 Å². The lowest BCUT2D eigenvalue weighted by Crippen LogP contribution is -2.50. The van der Waals surface area contributed by atoms with Crippen LogP contribution in [0.25, 0.3) is 0 Å². The second-order valence-corrected chi connectivity index (χ2v) is 5.84. The number of benzene rings is 1. The van der Waals surface area contributed by atoms with E-state index in [-0.39, 0.29) is 18.3 Å². The fraction of sp³-hybridized carbons (Fsp3) is 0.562. The van der Waals surface area contributed by atoms with Gasteiger partial charge >= 0.3 is 0 Å². The number of hydrogen-bond acceptors (Lipinski definition) is 3. The summed E-state index contributed by atoms with van der Waals surface area (Å²) in [5.74, 6) is -0.959. The Morgan fingerprint density at radius 1 is 1.29 bits per heavy atom. The first-order valence-electron chi connectivity index (χ1n) is 7.47. The smallest absolute Gasteiger partial charge is 0.232 e. The number of amides is 1. The van der Waals surface area contributed by atoms with Crippen LogP contribution in [0.5, 0.6) is 0 Å². The molecular weight excluding hydrogens is 265 g/mol. The molecule has 1 heterocycles. The van der Waals surface area contributed by atoms with Gasteiger partial charge in [0, 0.05) is 0 Å². The molecule has 1 atom stereocenters. The molecule has 0 bridgehead atoms. The maximum Gasteiger partial charge on any atom is 0.232 e. The average Bonchev–Trinajstić information content (AvgIpc) is 3.20. The number of rotatable bonds is 5. The monoisotopic (exact) mass is 285 g/mol. The van der Waals surface area contributed by atoms with Gasteiger partial charge in [0.1, 0.15) is 5.41 Å². The molecule has 0 unspecified atom stereocenters. The van der Waals surface area contributed by atoms with Crippen molar-refractivity contribution in [1.82, 2.24) is 5.32 Å². The van der Waals surface area contributed by atoms with Gasteiger partial charge in [0.15, 0.2) is 5.79 Å². The predicted octanol–water partition coefficient (Wildman–Crippen LogP) is 1.97. The van der Waals surface area contributed by atoms with Crippen LogP contribution in [-0.4, -0.2) is 32.8 Å². The van der Waals surface area contributed by atoms with E-state index in [4.69, 9.17) is 17.3 Å². The van der Waals surface area contributed by atoms with Crippen LogP contribution in [0.3, 0.4) is 0 Å². The second kappa shape index (κ2) is 5.46. The van der Waals surface area contributed by atoms with E-state index in [0.29, 0.717) is 13.2 Å². The van der Waals surface area contributed by atoms with Gasteiger partial charge in [-0.1, -0.05) is 30.3 Å². The van der Waals surface area contributed by atoms with Gasteiger partial charge in [0.05, 0.1) is 27.1 Å². The Kier molecular flexibility index (Phi) is 3.80. The molecule has 1 aromatic carbocycles. The van der Waals surface area contributed by atoms with Crippen LogP contribution in [0.2, 0.25) is 6.32 Å². The maximum absolute atomic E-state index is 12.7. The number of ether oxygens (including phenoxy) is 2. The van der Waals surface area contributed by atoms with Gasteiger partial charge in [-0.2, -0.15) is 0 Å². The summed E-state index contributed by atoms with van der Waals surface area (Å²) in [5, 5.41) is 3.08. The Bertz CT molecular complexity index is 510. The molecule has 2 radical (unpaired) electrons. The van der Waals surface area contributed by atoms with Crippen molar-refractivity contribution in [2.45, 2.75) is 37.9 Å². The third-order valence-electron chi connectivity index (χ3n) is 4.58. The standard InChI is InChI=1S/C16H20BNO3/c1-12(13-5-3-2-4-6-13)18-14(19)15(7-8-15)16(11-17)20-9-10-21-16/h2-6,12H,7-11H2,1H3,(H,18,19)/t12-/m1/s1. The summed E-state index contributed by atoms with van der Waals surface area (Å²) >= 11 is 0. The number of hydrogen-bond donors (Lipinski definition) is 1. The number of nitrogens with one attached hydrogen (secondary N) is 1. The molecule has 3 rings (SSSR count). The Morgan fingerprint density at radius 3 is 2.43 bits per heavy atom. The van der Waals surface area contributed by atoms with Gasteiger partial charge in [-0.15, -0.1) is 0 Å². The maximum atomic E-state index is 12.7. The fourth-order valence-corrected chi connectivity index (χ4v) is 3.11. The zero-order valence-corrected chi connectivity index (χ0v) is 12.3. The molecule has 1 amide bonds. The third-order valence-corrected chi connectivity index (χ3v) is 4.58. The minimum absolute atomic E-state index is 0.0220. The van der Waals surface area contributed by atoms with E-state index in [1.54, 1.807) is 0 Å². The molecule has 0 aromatic heterocycles. The molecule has 0 spiro atoms. The molecular formula is C16H20BNO3. The van der Waals surface area contributed by atoms with Gasteiger partial charge in [-0.05, 0) is 31.6 Å². The predicted molar refractivity (Wildman–Crippen MR) is 79.9 cm³/mol. The topological polar surface area (TPSA) is 47.6 Å². The van der Waals surface area contributed by atoms with Gasteiger partial charge in [0.25, 0.3) is 0 Å². The van der Waals surface area contributed by atoms with Crippen molar-refractivity contribution in [3.63, 3.8) is 0 Å². The summed E-state index contributed by atoms with van der Waals surface area (Å²) in [6.45, 7) is 2.98. The molecule has 4 nitrogen and oxygen atoms in total. The van der Waals surface area contributed by atoms with Crippen molar-refractivity contribution >= 4 is 13.8 Å². The van der Waals surface area contributed by atoms with Crippen LogP contribution < -0.4 is 5.32 Å². The van der Waals surface area contributed by atoms with Gasteiger partial charge in [-0.3, -0.25) is 4.79 Å². The second-order valence-electron chi connectivity index (χ2n) is 5.84. The summed E-state index contributed by atoms with van der Waals surface area (Å²) in [7, 11) is 5.84. The van der Waals surface area contributed by atoms with E-state index in [0.717, 1.165) is 18.4 Å². The first kappa shape index (κ1) is 14.6. The van der Waals surface area contributed by atoms with Crippen molar-refractivity contribution in [3.8, 4) is 0 Å². The Labute approximate surface area is 126 Å². The fourth-order valence-electron chi connectivity index (χ4n) is 3.11. The molecule has 1 aliphatic heterocycles. The summed E-state index contributed by atoms with van der Waals surface area (Å²) in [4.78, 5) is 12.7. The quantitative estimate of drug-likeness (QED) is 0.841. The Hall–Kier alpha value is -1.33. The van der Waals surface area contributed by atoms with Crippen LogP contribution >= 0.6 is 0 Å². The SMILES string of the molecule is [B]CC1(C2(C(=O)N[C@H](C)c3ccccc3)CC2)OCCO1. The molecule has 2 aliphatic rings. The van der Waals surface area contributed by atoms with Crippen LogP contribution in [0.1, 0.15) is 31.4 Å². The molecule has 1 N–H and O–H groups in total. The van der Waals surface area contributed by atoms with E-state index < -0.39 is 11.2 Å². The third kappa shape index (κ3) is 2.38. The zero-order valence-electron chi connectivity index (χ0n) is 12.3. The Balaban J connectivity index is 1.73. The highest BCUT2D eigenvalue weighted by atomic mass is 16.7. The molecule has 1 aliphatic carbocycles. The molecule has 110 valence electrons. The normalized spacial score (nSPS) is 23.5. The van der Waals surface area contributed by atoms with Gasteiger partial charge in [-0.25, -0.2) is 0 Å². The molecule has 2 fully saturated rings. The Morgan fingerprint density at radius 2 is 1.90 bits per heavy atom. The van der Waals surface area contributed by atoms with E-state index in [9.17, 15) is 4.79 Å². The number of carbonyl (C=O) groups is 1. The van der Waals surface area contributed by atoms with Gasteiger partial charge < -0.3 is 14.8 Å². The lowest BCUT2D eigenvalue weighted by atomic mass is 9.82. The van der Waals surface area contributed by atoms with Crippen LogP contribution in [0.4, 0.5) is 0 Å². The van der Waals surface area contributed by atoms with Crippen molar-refractivity contribution in [2.75, 3.05) is 13.2 Å². The highest BCUT2D eigenvalue weighted by molar-refractivity contribution is 6.09. The van der Waals surface area contributed by atoms with E-state index in [2.05, 4.69) is 5.32 Å². The van der Waals surface area contributed by atoms with Crippen LogP contribution in [0, 0.1) is 5.41 Å². The molecule has 1 saturated carbocycles. The van der Waals surface area contributed by atoms with Crippen molar-refractivity contribution in [2.24, 2.45) is 5.41 Å². The zero-order chi connectivity index (χ0) is 14.9. The first-order chi connectivity index (χ1) is 10.1. The summed E-state index contributed by atoms with van der Waals surface area (Å²) in [6.07, 6.45) is 1.73. The average molecular weight is 285 g/mol. The molecule has 1 saturated heterocycles. The molecule has 21 heavy (non-hydrogen) atoms. The summed E-state index contributed by atoms with van der Waals surface area (Å²) < 4.78 is 11.4. The minimum Gasteiger partial charge on any atom is -0.349 e. The summed E-state index contributed by atoms with van der Waals surface area (Å²) in [6, 6.07) is 9.86. The van der Waals surface area contributed by atoms with E-state index >= 15 is 0 Å². The van der Waals surface area contributed by atoms with Crippen LogP contribution in [0.15, 0.2) is 30.3 Å². The van der Waals surface area contributed by atoms with E-state index in [1.807, 2.05) is 37.3 Å². The van der Waals surface area contributed by atoms with Crippen molar-refractivity contribution < 1.29 is 14.3 Å². The first-order valence-corrected chi connectivity index (χ1v) is 7.47. The molecule has 5 heteroatoms. The largest absolute Gasteiger partial charge is 0.349 e. The molecule has 1 aromatic rings. The highest BCUT2D eigenvalue weighted by Crippen LogP contribution is 2.59. The number of carbonyl (C=O) groups excluding carboxylic acids is 1. The summed E-state index contributed by atoms with van der Waals surface area (Å²) in [5.41, 5.74) is 0.457. The highest BCUT2D eigenvalue weighted by Gasteiger charge is 2.66. The van der Waals surface area contributed by atoms with E-state index in [1.165, 1.54) is 0 Å². The lowest BCUT2D eigenvalue weighted by molar-refractivity contribution is -0.196. The lowest BCUT2D eigenvalue weighted by Gasteiger charge is -2.35. The van der Waals surface area contributed by atoms with Crippen molar-refractivity contribution in [3.05, 3.63) is 35.9 Å². The minimum atomic E-state index is -0.937. The van der Waals surface area contributed by atoms with Gasteiger partial charge in [0.2, 0.25) is 5.91 Å².